The van der Waals surface area contributed by atoms with E-state index in [1.807, 2.05) is 35.8 Å². The molecule has 7 heteroatoms. The number of hydrogen-bond acceptors (Lipinski definition) is 3. The molecule has 2 aromatic carbocycles. The van der Waals surface area contributed by atoms with Crippen LogP contribution >= 0.6 is 0 Å². The van der Waals surface area contributed by atoms with Crippen LogP contribution in [0, 0.1) is 18.7 Å². The van der Waals surface area contributed by atoms with Crippen molar-refractivity contribution in [3.05, 3.63) is 65.5 Å². The van der Waals surface area contributed by atoms with Crippen molar-refractivity contribution < 1.29 is 14.0 Å². The predicted octanol–water partition coefficient (Wildman–Crippen LogP) is 4.01. The summed E-state index contributed by atoms with van der Waals surface area (Å²) < 4.78 is 14.2. The van der Waals surface area contributed by atoms with E-state index >= 15 is 0 Å². The lowest BCUT2D eigenvalue weighted by molar-refractivity contribution is -0.137. The molecule has 0 spiro atoms. The van der Waals surface area contributed by atoms with Gasteiger partial charge in [0.25, 0.3) is 0 Å². The van der Waals surface area contributed by atoms with Crippen LogP contribution in [0.15, 0.2) is 48.5 Å². The zero-order valence-corrected chi connectivity index (χ0v) is 20.3. The number of rotatable bonds is 4. The molecular formula is C27H35FN4O2. The Morgan fingerprint density at radius 2 is 1.71 bits per heavy atom. The van der Waals surface area contributed by atoms with Crippen LogP contribution in [0.5, 0.6) is 0 Å². The van der Waals surface area contributed by atoms with Crippen molar-refractivity contribution in [3.8, 4) is 0 Å². The van der Waals surface area contributed by atoms with Crippen molar-refractivity contribution in [3.63, 3.8) is 0 Å². The highest BCUT2D eigenvalue weighted by Gasteiger charge is 2.37. The first kappa shape index (κ1) is 24.0. The number of para-hydroxylation sites is 1. The molecule has 0 saturated carbocycles. The third-order valence-electron chi connectivity index (χ3n) is 6.80. The predicted molar refractivity (Wildman–Crippen MR) is 132 cm³/mol. The van der Waals surface area contributed by atoms with E-state index in [-0.39, 0.29) is 35.6 Å². The van der Waals surface area contributed by atoms with Crippen LogP contribution in [-0.4, -0.2) is 67.0 Å². The molecule has 2 heterocycles. The van der Waals surface area contributed by atoms with Gasteiger partial charge in [-0.25, -0.2) is 9.18 Å². The van der Waals surface area contributed by atoms with E-state index < -0.39 is 0 Å². The quantitative estimate of drug-likeness (QED) is 0.741. The van der Waals surface area contributed by atoms with Gasteiger partial charge in [0.05, 0.1) is 11.6 Å². The number of benzene rings is 2. The summed E-state index contributed by atoms with van der Waals surface area (Å²) in [4.78, 5) is 32.1. The molecule has 182 valence electrons. The van der Waals surface area contributed by atoms with Gasteiger partial charge in [-0.2, -0.15) is 0 Å². The number of piperidine rings is 1. The van der Waals surface area contributed by atoms with Gasteiger partial charge in [-0.05, 0) is 44.9 Å². The van der Waals surface area contributed by atoms with E-state index in [1.165, 1.54) is 17.2 Å². The lowest BCUT2D eigenvalue weighted by Gasteiger charge is -2.42. The number of nitrogens with one attached hydrogen (secondary N) is 1. The Balaban J connectivity index is 1.47. The highest BCUT2D eigenvalue weighted by atomic mass is 19.1. The minimum Gasteiger partial charge on any atom is -0.366 e. The summed E-state index contributed by atoms with van der Waals surface area (Å²) in [5, 5.41) is 2.98. The third kappa shape index (κ3) is 5.51. The van der Waals surface area contributed by atoms with E-state index in [1.54, 1.807) is 17.0 Å². The Labute approximate surface area is 201 Å². The zero-order valence-electron chi connectivity index (χ0n) is 20.3. The summed E-state index contributed by atoms with van der Waals surface area (Å²) in [6, 6.07) is 15.0. The lowest BCUT2D eigenvalue weighted by atomic mass is 9.83. The van der Waals surface area contributed by atoms with Crippen LogP contribution in [-0.2, 0) is 4.79 Å². The molecule has 2 aliphatic rings. The van der Waals surface area contributed by atoms with Gasteiger partial charge in [0.15, 0.2) is 0 Å². The highest BCUT2D eigenvalue weighted by molar-refractivity contribution is 5.81. The summed E-state index contributed by atoms with van der Waals surface area (Å²) in [7, 11) is 0. The Morgan fingerprint density at radius 1 is 0.971 bits per heavy atom. The second-order valence-electron chi connectivity index (χ2n) is 9.82. The van der Waals surface area contributed by atoms with E-state index in [2.05, 4.69) is 30.4 Å². The van der Waals surface area contributed by atoms with E-state index in [4.69, 9.17) is 0 Å². The molecule has 0 unspecified atom stereocenters. The number of halogens is 1. The molecule has 0 radical (unpaired) electrons. The summed E-state index contributed by atoms with van der Waals surface area (Å²) in [5.41, 5.74) is 2.93. The monoisotopic (exact) mass is 466 g/mol. The number of aryl methyl sites for hydroxylation is 1. The molecule has 2 aromatic rings. The minimum atomic E-state index is -0.253. The fraction of sp³-hybridized carbons (Fsp3) is 0.481. The standard InChI is InChI=1S/C27H35FN4O2/c1-19(2)29-27(34)32-17-22(21-8-6-7-20(3)15-21)16-23(18-32)26(33)31-13-11-30(12-14-31)25-10-5-4-9-24(25)28/h4-10,15,19,22-23H,11-14,16-18H2,1-3H3,(H,29,34)/t22-,23+/m0/s1. The molecule has 2 saturated heterocycles. The summed E-state index contributed by atoms with van der Waals surface area (Å²) >= 11 is 0. The molecule has 0 aliphatic carbocycles. The van der Waals surface area contributed by atoms with Gasteiger partial charge in [-0.15, -0.1) is 0 Å². The minimum absolute atomic E-state index is 0.0347. The largest absolute Gasteiger partial charge is 0.366 e. The van der Waals surface area contributed by atoms with Crippen LogP contribution in [0.4, 0.5) is 14.9 Å². The Kier molecular flexibility index (Phi) is 7.39. The molecule has 3 amide bonds. The molecule has 0 aromatic heterocycles. The molecule has 2 atom stereocenters. The summed E-state index contributed by atoms with van der Waals surface area (Å²) in [5.74, 6) is -0.285. The maximum Gasteiger partial charge on any atom is 0.317 e. The molecule has 4 rings (SSSR count). The van der Waals surface area contributed by atoms with Crippen LogP contribution in [0.25, 0.3) is 0 Å². The molecule has 2 fully saturated rings. The highest BCUT2D eigenvalue weighted by Crippen LogP contribution is 2.32. The van der Waals surface area contributed by atoms with Crippen molar-refractivity contribution in [1.29, 1.82) is 0 Å². The molecule has 1 N–H and O–H groups in total. The number of urea groups is 1. The summed E-state index contributed by atoms with van der Waals surface area (Å²) in [6.07, 6.45) is 0.723. The smallest absolute Gasteiger partial charge is 0.317 e. The second-order valence-corrected chi connectivity index (χ2v) is 9.82. The number of amides is 3. The van der Waals surface area contributed by atoms with Crippen LogP contribution < -0.4 is 10.2 Å². The van der Waals surface area contributed by atoms with E-state index in [0.717, 1.165) is 6.42 Å². The van der Waals surface area contributed by atoms with Crippen LogP contribution in [0.1, 0.15) is 37.3 Å². The number of nitrogens with zero attached hydrogens (tertiary/aromatic N) is 3. The number of anilines is 1. The van der Waals surface area contributed by atoms with Crippen molar-refractivity contribution >= 4 is 17.6 Å². The van der Waals surface area contributed by atoms with Crippen molar-refractivity contribution in [2.24, 2.45) is 5.92 Å². The van der Waals surface area contributed by atoms with Crippen molar-refractivity contribution in [1.82, 2.24) is 15.1 Å². The molecule has 2 aliphatic heterocycles. The normalized spacial score (nSPS) is 21.0. The fourth-order valence-electron chi connectivity index (χ4n) is 5.08. The Hall–Kier alpha value is -3.09. The number of piperazine rings is 1. The van der Waals surface area contributed by atoms with Gasteiger partial charge >= 0.3 is 6.03 Å². The molecule has 34 heavy (non-hydrogen) atoms. The molecule has 6 nitrogen and oxygen atoms in total. The topological polar surface area (TPSA) is 55.9 Å². The van der Waals surface area contributed by atoms with Crippen LogP contribution in [0.3, 0.4) is 0 Å². The van der Waals surface area contributed by atoms with E-state index in [0.29, 0.717) is 45.0 Å². The Morgan fingerprint density at radius 3 is 2.38 bits per heavy atom. The average molecular weight is 467 g/mol. The maximum atomic E-state index is 14.2. The van der Waals surface area contributed by atoms with Gasteiger partial charge in [-0.1, -0.05) is 42.0 Å². The lowest BCUT2D eigenvalue weighted by Crippen LogP contribution is -2.55. The van der Waals surface area contributed by atoms with Crippen LogP contribution in [0.2, 0.25) is 0 Å². The first-order valence-electron chi connectivity index (χ1n) is 12.2. The second kappa shape index (κ2) is 10.5. The Bertz CT molecular complexity index is 1020. The van der Waals surface area contributed by atoms with E-state index in [9.17, 15) is 14.0 Å². The number of carbonyl (C=O) groups is 2. The third-order valence-corrected chi connectivity index (χ3v) is 6.80. The van der Waals surface area contributed by atoms with Gasteiger partial charge in [0.2, 0.25) is 5.91 Å². The number of carbonyl (C=O) groups excluding carboxylic acids is 2. The molecule has 0 bridgehead atoms. The first-order valence-corrected chi connectivity index (χ1v) is 12.2. The summed E-state index contributed by atoms with van der Waals surface area (Å²) in [6.45, 7) is 9.27. The van der Waals surface area contributed by atoms with Gasteiger partial charge in [0, 0.05) is 51.2 Å². The zero-order chi connectivity index (χ0) is 24.2. The number of likely N-dealkylation sites (tertiary alicyclic amines) is 1. The van der Waals surface area contributed by atoms with Gasteiger partial charge in [-0.3, -0.25) is 4.79 Å². The van der Waals surface area contributed by atoms with Crippen molar-refractivity contribution in [2.75, 3.05) is 44.2 Å². The number of hydrogen-bond donors (Lipinski definition) is 1. The average Bonchev–Trinajstić information content (AvgIpc) is 2.83. The van der Waals surface area contributed by atoms with Gasteiger partial charge in [0.1, 0.15) is 5.82 Å². The van der Waals surface area contributed by atoms with Gasteiger partial charge < -0.3 is 20.0 Å². The first-order chi connectivity index (χ1) is 16.3. The fourth-order valence-corrected chi connectivity index (χ4v) is 5.08. The maximum absolute atomic E-state index is 14.2. The molecular weight excluding hydrogens is 431 g/mol. The SMILES string of the molecule is Cc1cccc([C@H]2C[C@@H](C(=O)N3CCN(c4ccccc4F)CC3)CN(C(=O)NC(C)C)C2)c1. The van der Waals surface area contributed by atoms with Crippen molar-refractivity contribution in [2.45, 2.75) is 39.2 Å².